The molecular formula is C23H25ClFNO5S. The molecule has 2 fully saturated rings. The minimum Gasteiger partial charge on any atom is -0.464 e. The van der Waals surface area contributed by atoms with Gasteiger partial charge in [0.15, 0.2) is 0 Å². The van der Waals surface area contributed by atoms with E-state index in [0.29, 0.717) is 29.4 Å². The fourth-order valence-corrected chi connectivity index (χ4v) is 5.90. The average Bonchev–Trinajstić information content (AvgIpc) is 2.73. The van der Waals surface area contributed by atoms with Crippen LogP contribution in [0.5, 0.6) is 0 Å². The molecule has 2 aliphatic rings. The lowest BCUT2D eigenvalue weighted by Gasteiger charge is -2.34. The molecule has 0 spiro atoms. The lowest BCUT2D eigenvalue weighted by molar-refractivity contribution is -0.160. The number of sulfonamides is 1. The Morgan fingerprint density at radius 1 is 1.19 bits per heavy atom. The van der Waals surface area contributed by atoms with E-state index in [2.05, 4.69) is 0 Å². The van der Waals surface area contributed by atoms with Crippen LogP contribution in [0.1, 0.15) is 31.2 Å². The van der Waals surface area contributed by atoms with Crippen molar-refractivity contribution in [1.29, 1.82) is 0 Å². The van der Waals surface area contributed by atoms with Crippen molar-refractivity contribution in [1.82, 2.24) is 4.31 Å². The Labute approximate surface area is 192 Å². The van der Waals surface area contributed by atoms with E-state index in [4.69, 9.17) is 21.1 Å². The summed E-state index contributed by atoms with van der Waals surface area (Å²) in [4.78, 5) is 12.1. The fourth-order valence-electron chi connectivity index (χ4n) is 4.03. The topological polar surface area (TPSA) is 72.9 Å². The molecule has 172 valence electrons. The van der Waals surface area contributed by atoms with E-state index >= 15 is 0 Å². The first-order chi connectivity index (χ1) is 15.3. The number of ether oxygens (including phenoxy) is 2. The van der Waals surface area contributed by atoms with E-state index < -0.39 is 21.7 Å². The molecule has 0 aromatic heterocycles. The van der Waals surface area contributed by atoms with Crippen LogP contribution in [0.25, 0.3) is 11.1 Å². The molecule has 0 radical (unpaired) electrons. The molecule has 2 heterocycles. The first-order valence-electron chi connectivity index (χ1n) is 10.6. The molecular weight excluding hydrogens is 457 g/mol. The van der Waals surface area contributed by atoms with Gasteiger partial charge in [0.2, 0.25) is 15.7 Å². The number of benzene rings is 2. The molecule has 0 bridgehead atoms. The van der Waals surface area contributed by atoms with Crippen LogP contribution in [0.3, 0.4) is 0 Å². The zero-order chi connectivity index (χ0) is 22.9. The Bertz CT molecular complexity index is 1110. The van der Waals surface area contributed by atoms with Crippen molar-refractivity contribution in [2.24, 2.45) is 0 Å². The maximum absolute atomic E-state index is 15.0. The third-order valence-corrected chi connectivity index (χ3v) is 8.34. The molecule has 0 saturated carbocycles. The molecule has 9 heteroatoms. The van der Waals surface area contributed by atoms with E-state index in [9.17, 15) is 17.6 Å². The Balaban J connectivity index is 1.68. The number of hydrogen-bond donors (Lipinski definition) is 0. The molecule has 2 aromatic rings. The second-order valence-electron chi connectivity index (χ2n) is 8.06. The van der Waals surface area contributed by atoms with E-state index in [1.54, 1.807) is 43.3 Å². The largest absolute Gasteiger partial charge is 0.464 e. The Hall–Kier alpha value is -2.00. The lowest BCUT2D eigenvalue weighted by Crippen LogP contribution is -2.49. The molecule has 4 rings (SSSR count). The molecule has 0 amide bonds. The van der Waals surface area contributed by atoms with Crippen LogP contribution in [0.15, 0.2) is 47.4 Å². The van der Waals surface area contributed by atoms with Gasteiger partial charge < -0.3 is 9.47 Å². The highest BCUT2D eigenvalue weighted by molar-refractivity contribution is 7.89. The van der Waals surface area contributed by atoms with Crippen molar-refractivity contribution < 1.29 is 27.1 Å². The number of piperidine rings is 1. The summed E-state index contributed by atoms with van der Waals surface area (Å²) in [7, 11) is -3.95. The monoisotopic (exact) mass is 481 g/mol. The van der Waals surface area contributed by atoms with Crippen LogP contribution in [0.4, 0.5) is 4.39 Å². The Kier molecular flexibility index (Phi) is 6.58. The number of carbonyl (C=O) groups is 1. The highest BCUT2D eigenvalue weighted by Crippen LogP contribution is 2.39. The summed E-state index contributed by atoms with van der Waals surface area (Å²) in [6, 6.07) is 12.3. The van der Waals surface area contributed by atoms with Crippen LogP contribution in [0, 0.1) is 0 Å². The summed E-state index contributed by atoms with van der Waals surface area (Å²) < 4.78 is 53.5. The van der Waals surface area contributed by atoms with Gasteiger partial charge in [-0.05, 0) is 30.7 Å². The van der Waals surface area contributed by atoms with Gasteiger partial charge in [0, 0.05) is 48.0 Å². The summed E-state index contributed by atoms with van der Waals surface area (Å²) in [5, 5.41) is 0.440. The molecule has 0 aliphatic carbocycles. The third kappa shape index (κ3) is 4.29. The normalized spacial score (nSPS) is 19.3. The van der Waals surface area contributed by atoms with Gasteiger partial charge >= 0.3 is 5.97 Å². The van der Waals surface area contributed by atoms with Crippen LogP contribution >= 0.6 is 11.6 Å². The Morgan fingerprint density at radius 2 is 1.88 bits per heavy atom. The summed E-state index contributed by atoms with van der Waals surface area (Å²) in [5.41, 5.74) is -0.0728. The van der Waals surface area contributed by atoms with Crippen LogP contribution in [-0.4, -0.2) is 57.3 Å². The van der Waals surface area contributed by atoms with E-state index in [1.807, 2.05) is 6.07 Å². The minimum atomic E-state index is -3.95. The quantitative estimate of drug-likeness (QED) is 0.579. The highest BCUT2D eigenvalue weighted by Gasteiger charge is 2.46. The van der Waals surface area contributed by atoms with Gasteiger partial charge in [0.25, 0.3) is 0 Å². The van der Waals surface area contributed by atoms with Gasteiger partial charge in [-0.25, -0.2) is 17.6 Å². The molecule has 32 heavy (non-hydrogen) atoms. The third-order valence-electron chi connectivity index (χ3n) is 6.05. The van der Waals surface area contributed by atoms with Crippen molar-refractivity contribution in [3.63, 3.8) is 0 Å². The van der Waals surface area contributed by atoms with Gasteiger partial charge in [0.1, 0.15) is 0 Å². The highest BCUT2D eigenvalue weighted by atomic mass is 35.5. The Morgan fingerprint density at radius 3 is 2.47 bits per heavy atom. The van der Waals surface area contributed by atoms with E-state index in [1.165, 1.54) is 4.31 Å². The van der Waals surface area contributed by atoms with Gasteiger partial charge in [-0.1, -0.05) is 35.9 Å². The van der Waals surface area contributed by atoms with Crippen LogP contribution < -0.4 is 0 Å². The number of nitrogens with zero attached hydrogens (tertiary/aromatic N) is 1. The van der Waals surface area contributed by atoms with Crippen molar-refractivity contribution in [2.75, 3.05) is 32.9 Å². The molecule has 0 N–H and O–H groups in total. The van der Waals surface area contributed by atoms with Crippen molar-refractivity contribution in [2.45, 2.75) is 36.2 Å². The van der Waals surface area contributed by atoms with Crippen molar-refractivity contribution >= 4 is 27.6 Å². The smallest absolute Gasteiger partial charge is 0.343 e. The van der Waals surface area contributed by atoms with Gasteiger partial charge in [-0.3, -0.25) is 0 Å². The SMILES string of the molecule is CCOC(=O)C1(F)CCN(S(=O)(=O)c2ccc(C3COC3)cc2-c2ccccc2Cl)CC1. The number of esters is 1. The number of hydrogen-bond acceptors (Lipinski definition) is 5. The molecule has 2 aromatic carbocycles. The van der Waals surface area contributed by atoms with E-state index in [0.717, 1.165) is 5.56 Å². The molecule has 2 aliphatic heterocycles. The zero-order valence-corrected chi connectivity index (χ0v) is 19.3. The average molecular weight is 482 g/mol. The summed E-state index contributed by atoms with van der Waals surface area (Å²) in [6.45, 7) is 2.64. The number of carbonyl (C=O) groups excluding carboxylic acids is 1. The predicted octanol–water partition coefficient (Wildman–Crippen LogP) is 4.18. The first-order valence-corrected chi connectivity index (χ1v) is 12.4. The second-order valence-corrected chi connectivity index (χ2v) is 10.4. The molecule has 0 atom stereocenters. The molecule has 2 saturated heterocycles. The molecule has 6 nitrogen and oxygen atoms in total. The van der Waals surface area contributed by atoms with Gasteiger partial charge in [0.05, 0.1) is 24.7 Å². The van der Waals surface area contributed by atoms with E-state index in [-0.39, 0.29) is 43.4 Å². The minimum absolute atomic E-state index is 0.0755. The van der Waals surface area contributed by atoms with Crippen molar-refractivity contribution in [3.8, 4) is 11.1 Å². The standard InChI is InChI=1S/C23H25ClFNO5S/c1-2-31-22(27)23(25)9-11-26(12-10-23)32(28,29)21-8-7-16(17-14-30-15-17)13-19(21)18-5-3-4-6-20(18)24/h3-8,13,17H,2,9-12,14-15H2,1H3. The van der Waals surface area contributed by atoms with Crippen LogP contribution in [-0.2, 0) is 24.3 Å². The summed E-state index contributed by atoms with van der Waals surface area (Å²) in [6.07, 6.45) is -0.492. The lowest BCUT2D eigenvalue weighted by atomic mass is 9.94. The summed E-state index contributed by atoms with van der Waals surface area (Å²) in [5.74, 6) is -0.722. The maximum Gasteiger partial charge on any atom is 0.343 e. The fraction of sp³-hybridized carbons (Fsp3) is 0.435. The van der Waals surface area contributed by atoms with Gasteiger partial charge in [-0.15, -0.1) is 0 Å². The number of rotatable bonds is 6. The van der Waals surface area contributed by atoms with Crippen molar-refractivity contribution in [3.05, 3.63) is 53.1 Å². The summed E-state index contributed by atoms with van der Waals surface area (Å²) >= 11 is 6.41. The zero-order valence-electron chi connectivity index (χ0n) is 17.7. The molecule has 0 unspecified atom stereocenters. The predicted molar refractivity (Wildman–Crippen MR) is 119 cm³/mol. The van der Waals surface area contributed by atoms with Gasteiger partial charge in [-0.2, -0.15) is 4.31 Å². The number of alkyl halides is 1. The van der Waals surface area contributed by atoms with Crippen LogP contribution in [0.2, 0.25) is 5.02 Å². The number of halogens is 2. The maximum atomic E-state index is 15.0. The second kappa shape index (κ2) is 9.09. The first kappa shape index (κ1) is 23.2.